The number of carbonyl (C=O) groups is 2. The number of halogens is 2. The molecule has 28 heavy (non-hydrogen) atoms. The molecule has 3 aromatic rings. The third kappa shape index (κ3) is 3.43. The van der Waals surface area contributed by atoms with Gasteiger partial charge in [0.25, 0.3) is 0 Å². The van der Waals surface area contributed by atoms with Gasteiger partial charge in [0.2, 0.25) is 11.8 Å². The topological polar surface area (TPSA) is 76.0 Å². The average molecular weight is 443 g/mol. The summed E-state index contributed by atoms with van der Waals surface area (Å²) in [6.45, 7) is 1.81. The van der Waals surface area contributed by atoms with E-state index in [-0.39, 0.29) is 24.1 Å². The van der Waals surface area contributed by atoms with Crippen LogP contribution in [0, 0.1) is 12.7 Å². The summed E-state index contributed by atoms with van der Waals surface area (Å²) in [7, 11) is 0. The molecule has 1 aromatic heterocycles. The van der Waals surface area contributed by atoms with Crippen LogP contribution in [0.5, 0.6) is 0 Å². The first-order valence-electron chi connectivity index (χ1n) is 8.63. The monoisotopic (exact) mass is 442 g/mol. The lowest BCUT2D eigenvalue weighted by atomic mass is 10.1. The number of fused-ring (bicyclic) bond motifs is 1. The van der Waals surface area contributed by atoms with Gasteiger partial charge < -0.3 is 10.6 Å². The summed E-state index contributed by atoms with van der Waals surface area (Å²) >= 11 is 3.35. The lowest BCUT2D eigenvalue weighted by Gasteiger charge is -2.24. The molecule has 1 aliphatic rings. The highest BCUT2D eigenvalue weighted by Crippen LogP contribution is 2.34. The van der Waals surface area contributed by atoms with Crippen LogP contribution >= 0.6 is 15.9 Å². The number of aromatic nitrogens is 2. The Morgan fingerprint density at radius 3 is 2.57 bits per heavy atom. The van der Waals surface area contributed by atoms with Gasteiger partial charge in [-0.1, -0.05) is 15.9 Å². The largest absolute Gasteiger partial charge is 0.324 e. The van der Waals surface area contributed by atoms with Gasteiger partial charge >= 0.3 is 0 Å². The second-order valence-corrected chi connectivity index (χ2v) is 7.45. The molecular weight excluding hydrogens is 427 g/mol. The van der Waals surface area contributed by atoms with Gasteiger partial charge in [-0.2, -0.15) is 5.10 Å². The zero-order valence-corrected chi connectivity index (χ0v) is 16.5. The number of carbonyl (C=O) groups excluding carboxylic acids is 2. The average Bonchev–Trinajstić information content (AvgIpc) is 3.00. The Balaban J connectivity index is 1.69. The van der Waals surface area contributed by atoms with Crippen molar-refractivity contribution in [2.24, 2.45) is 0 Å². The molecule has 2 aromatic carbocycles. The van der Waals surface area contributed by atoms with Crippen LogP contribution in [0.4, 0.5) is 15.9 Å². The Labute approximate surface area is 168 Å². The van der Waals surface area contributed by atoms with Gasteiger partial charge in [-0.05, 0) is 55.5 Å². The molecule has 2 N–H and O–H groups in total. The normalized spacial score (nSPS) is 15.7. The Kier molecular flexibility index (Phi) is 4.72. The fraction of sp³-hybridized carbons (Fsp3) is 0.150. The highest BCUT2D eigenvalue weighted by Gasteiger charge is 2.34. The van der Waals surface area contributed by atoms with Crippen molar-refractivity contribution < 1.29 is 14.0 Å². The van der Waals surface area contributed by atoms with E-state index in [1.54, 1.807) is 24.3 Å². The summed E-state index contributed by atoms with van der Waals surface area (Å²) in [4.78, 5) is 25.0. The molecule has 2 heterocycles. The van der Waals surface area contributed by atoms with E-state index in [0.717, 1.165) is 10.0 Å². The molecule has 2 amide bonds. The van der Waals surface area contributed by atoms with Crippen LogP contribution in [0.3, 0.4) is 0 Å². The van der Waals surface area contributed by atoms with Gasteiger partial charge in [0.15, 0.2) is 0 Å². The number of benzene rings is 2. The number of hydrogen-bond acceptors (Lipinski definition) is 3. The van der Waals surface area contributed by atoms with Crippen LogP contribution in [0.1, 0.15) is 18.0 Å². The third-order valence-electron chi connectivity index (χ3n) is 4.61. The molecule has 8 heteroatoms. The molecule has 0 bridgehead atoms. The number of rotatable bonds is 3. The van der Waals surface area contributed by atoms with E-state index in [1.807, 2.05) is 19.1 Å². The van der Waals surface area contributed by atoms with Crippen molar-refractivity contribution in [2.45, 2.75) is 19.4 Å². The maximum absolute atomic E-state index is 13.2. The second kappa shape index (κ2) is 7.20. The van der Waals surface area contributed by atoms with E-state index in [1.165, 1.54) is 16.8 Å². The minimum atomic E-state index is -0.778. The molecule has 1 aliphatic heterocycles. The zero-order chi connectivity index (χ0) is 19.8. The summed E-state index contributed by atoms with van der Waals surface area (Å²) in [5.41, 5.74) is 2.66. The standard InChI is InChI=1S/C20H16BrFN4O2/c1-11-18(12-2-6-14(22)7-3-12)25-26-16(10-17(27)24-19(11)26)20(28)23-15-8-4-13(21)5-9-15/h2-9,16H,10H2,1H3,(H,23,28)(H,24,27). The first-order chi connectivity index (χ1) is 13.4. The van der Waals surface area contributed by atoms with E-state index in [4.69, 9.17) is 0 Å². The van der Waals surface area contributed by atoms with Crippen LogP contribution in [0.15, 0.2) is 53.0 Å². The van der Waals surface area contributed by atoms with Crippen molar-refractivity contribution in [3.8, 4) is 11.3 Å². The number of amides is 2. The molecule has 1 unspecified atom stereocenters. The molecule has 142 valence electrons. The van der Waals surface area contributed by atoms with Crippen molar-refractivity contribution in [3.63, 3.8) is 0 Å². The van der Waals surface area contributed by atoms with Gasteiger partial charge in [-0.15, -0.1) is 0 Å². The number of nitrogens with zero attached hydrogens (tertiary/aromatic N) is 2. The SMILES string of the molecule is Cc1c(-c2ccc(F)cc2)nn2c1NC(=O)CC2C(=O)Nc1ccc(Br)cc1. The molecule has 4 rings (SSSR count). The van der Waals surface area contributed by atoms with Gasteiger partial charge in [0, 0.05) is 21.3 Å². The highest BCUT2D eigenvalue weighted by molar-refractivity contribution is 9.10. The molecule has 0 aliphatic carbocycles. The summed E-state index contributed by atoms with van der Waals surface area (Å²) in [6.07, 6.45) is -0.0145. The van der Waals surface area contributed by atoms with E-state index in [2.05, 4.69) is 31.7 Å². The molecule has 0 saturated heterocycles. The van der Waals surface area contributed by atoms with Gasteiger partial charge in [-0.3, -0.25) is 9.59 Å². The van der Waals surface area contributed by atoms with Gasteiger partial charge in [-0.25, -0.2) is 9.07 Å². The van der Waals surface area contributed by atoms with Crippen molar-refractivity contribution in [3.05, 3.63) is 64.4 Å². The summed E-state index contributed by atoms with van der Waals surface area (Å²) in [5, 5.41) is 10.2. The van der Waals surface area contributed by atoms with Crippen molar-refractivity contribution >= 4 is 39.2 Å². The number of anilines is 2. The molecular formula is C20H16BrFN4O2. The fourth-order valence-corrected chi connectivity index (χ4v) is 3.45. The Morgan fingerprint density at radius 2 is 1.89 bits per heavy atom. The first-order valence-corrected chi connectivity index (χ1v) is 9.43. The van der Waals surface area contributed by atoms with Crippen LogP contribution in [-0.4, -0.2) is 21.6 Å². The molecule has 0 radical (unpaired) electrons. The number of nitrogens with one attached hydrogen (secondary N) is 2. The lowest BCUT2D eigenvalue weighted by molar-refractivity contribution is -0.125. The first kappa shape index (κ1) is 18.4. The van der Waals surface area contributed by atoms with Crippen molar-refractivity contribution in [1.82, 2.24) is 9.78 Å². The van der Waals surface area contributed by atoms with E-state index < -0.39 is 6.04 Å². The van der Waals surface area contributed by atoms with E-state index in [0.29, 0.717) is 22.8 Å². The third-order valence-corrected chi connectivity index (χ3v) is 5.14. The van der Waals surface area contributed by atoms with Crippen LogP contribution < -0.4 is 10.6 Å². The van der Waals surface area contributed by atoms with Crippen LogP contribution in [-0.2, 0) is 9.59 Å². The van der Waals surface area contributed by atoms with E-state index in [9.17, 15) is 14.0 Å². The molecule has 0 fully saturated rings. The van der Waals surface area contributed by atoms with Crippen molar-refractivity contribution in [2.75, 3.05) is 10.6 Å². The maximum atomic E-state index is 13.2. The predicted molar refractivity (Wildman–Crippen MR) is 107 cm³/mol. The Bertz CT molecular complexity index is 1060. The Morgan fingerprint density at radius 1 is 1.21 bits per heavy atom. The molecule has 0 saturated carbocycles. The van der Waals surface area contributed by atoms with Crippen LogP contribution in [0.25, 0.3) is 11.3 Å². The fourth-order valence-electron chi connectivity index (χ4n) is 3.18. The van der Waals surface area contributed by atoms with E-state index >= 15 is 0 Å². The van der Waals surface area contributed by atoms with Gasteiger partial charge in [0.1, 0.15) is 17.7 Å². The molecule has 6 nitrogen and oxygen atoms in total. The minimum absolute atomic E-state index is 0.0145. The van der Waals surface area contributed by atoms with Crippen molar-refractivity contribution in [1.29, 1.82) is 0 Å². The zero-order valence-electron chi connectivity index (χ0n) is 14.9. The Hall–Kier alpha value is -3.00. The highest BCUT2D eigenvalue weighted by atomic mass is 79.9. The maximum Gasteiger partial charge on any atom is 0.249 e. The quantitative estimate of drug-likeness (QED) is 0.635. The lowest BCUT2D eigenvalue weighted by Crippen LogP contribution is -2.35. The minimum Gasteiger partial charge on any atom is -0.324 e. The molecule has 1 atom stereocenters. The smallest absolute Gasteiger partial charge is 0.249 e. The molecule has 0 spiro atoms. The summed E-state index contributed by atoms with van der Waals surface area (Å²) in [6, 6.07) is 12.3. The second-order valence-electron chi connectivity index (χ2n) is 6.54. The van der Waals surface area contributed by atoms with Gasteiger partial charge in [0.05, 0.1) is 12.1 Å². The van der Waals surface area contributed by atoms with Crippen LogP contribution in [0.2, 0.25) is 0 Å². The summed E-state index contributed by atoms with van der Waals surface area (Å²) < 4.78 is 15.7. The number of hydrogen-bond donors (Lipinski definition) is 2. The summed E-state index contributed by atoms with van der Waals surface area (Å²) in [5.74, 6) is -0.444. The predicted octanol–water partition coefficient (Wildman–Crippen LogP) is 4.28.